The summed E-state index contributed by atoms with van der Waals surface area (Å²) in [7, 11) is 0. The quantitative estimate of drug-likeness (QED) is 0.760. The van der Waals surface area contributed by atoms with Crippen LogP contribution >= 0.6 is 0 Å². The van der Waals surface area contributed by atoms with E-state index < -0.39 is 17.4 Å². The summed E-state index contributed by atoms with van der Waals surface area (Å²) in [6, 6.07) is 0.937. The summed E-state index contributed by atoms with van der Waals surface area (Å²) in [5.41, 5.74) is -1.50. The number of alkyl halides is 3. The topological polar surface area (TPSA) is 22.1 Å². The van der Waals surface area contributed by atoms with Gasteiger partial charge in [-0.1, -0.05) is 27.7 Å². The van der Waals surface area contributed by atoms with E-state index in [0.717, 1.165) is 12.5 Å². The third-order valence-electron chi connectivity index (χ3n) is 3.89. The lowest BCUT2D eigenvalue weighted by atomic mass is 9.53. The van der Waals surface area contributed by atoms with Crippen LogP contribution in [0.15, 0.2) is 12.3 Å². The normalized spacial score (nSPS) is 20.5. The molecule has 1 heterocycles. The van der Waals surface area contributed by atoms with Gasteiger partial charge in [0.1, 0.15) is 17.5 Å². The van der Waals surface area contributed by atoms with Crippen molar-refractivity contribution in [3.63, 3.8) is 0 Å². The van der Waals surface area contributed by atoms with Gasteiger partial charge in [0.25, 0.3) is 0 Å². The molecule has 0 spiro atoms. The molecular formula is C16H18F3NO. The number of halogens is 3. The van der Waals surface area contributed by atoms with E-state index in [1.54, 1.807) is 0 Å². The lowest BCUT2D eigenvalue weighted by Crippen LogP contribution is -2.58. The SMILES string of the molecule is C#Cc1ncc(OC2C(C)(C)CC2(C)C)cc1C(F)(F)F. The van der Waals surface area contributed by atoms with E-state index >= 15 is 0 Å². The molecule has 0 radical (unpaired) electrons. The highest BCUT2D eigenvalue weighted by molar-refractivity contribution is 5.40. The van der Waals surface area contributed by atoms with Crippen molar-refractivity contribution in [2.45, 2.75) is 46.4 Å². The minimum atomic E-state index is -4.54. The Morgan fingerprint density at radius 1 is 1.29 bits per heavy atom. The summed E-state index contributed by atoms with van der Waals surface area (Å²) in [5, 5.41) is 0. The Bertz CT molecular complexity index is 583. The lowest BCUT2D eigenvalue weighted by Gasteiger charge is -2.56. The summed E-state index contributed by atoms with van der Waals surface area (Å²) in [5.74, 6) is 2.06. The average molecular weight is 297 g/mol. The van der Waals surface area contributed by atoms with Gasteiger partial charge >= 0.3 is 6.18 Å². The third kappa shape index (κ3) is 2.85. The molecule has 1 aliphatic carbocycles. The van der Waals surface area contributed by atoms with Gasteiger partial charge in [-0.25, -0.2) is 4.98 Å². The molecule has 0 saturated heterocycles. The van der Waals surface area contributed by atoms with Crippen molar-refractivity contribution >= 4 is 0 Å². The van der Waals surface area contributed by atoms with Crippen LogP contribution in [-0.2, 0) is 6.18 Å². The maximum Gasteiger partial charge on any atom is 0.419 e. The van der Waals surface area contributed by atoms with E-state index in [-0.39, 0.29) is 22.7 Å². The van der Waals surface area contributed by atoms with Crippen LogP contribution in [0.1, 0.15) is 45.4 Å². The van der Waals surface area contributed by atoms with Crippen LogP contribution in [0.2, 0.25) is 0 Å². The Kier molecular flexibility index (Phi) is 3.48. The van der Waals surface area contributed by atoms with Crippen molar-refractivity contribution in [1.82, 2.24) is 4.98 Å². The number of hydrogen-bond donors (Lipinski definition) is 0. The number of nitrogens with zero attached hydrogens (tertiary/aromatic N) is 1. The van der Waals surface area contributed by atoms with Gasteiger partial charge in [0.05, 0.1) is 11.8 Å². The van der Waals surface area contributed by atoms with Gasteiger partial charge in [-0.2, -0.15) is 13.2 Å². The number of rotatable bonds is 2. The second-order valence-electron chi connectivity index (χ2n) is 6.86. The zero-order valence-electron chi connectivity index (χ0n) is 12.5. The molecular weight excluding hydrogens is 279 g/mol. The second kappa shape index (κ2) is 4.66. The van der Waals surface area contributed by atoms with Crippen molar-refractivity contribution in [2.75, 3.05) is 0 Å². The van der Waals surface area contributed by atoms with Crippen LogP contribution in [-0.4, -0.2) is 11.1 Å². The van der Waals surface area contributed by atoms with Crippen molar-refractivity contribution in [3.05, 3.63) is 23.5 Å². The van der Waals surface area contributed by atoms with Gasteiger partial charge < -0.3 is 4.74 Å². The van der Waals surface area contributed by atoms with Crippen LogP contribution < -0.4 is 4.74 Å². The van der Waals surface area contributed by atoms with Crippen LogP contribution in [0.25, 0.3) is 0 Å². The summed E-state index contributed by atoms with van der Waals surface area (Å²) >= 11 is 0. The monoisotopic (exact) mass is 297 g/mol. The predicted molar refractivity (Wildman–Crippen MR) is 73.8 cm³/mol. The molecule has 21 heavy (non-hydrogen) atoms. The Morgan fingerprint density at radius 3 is 2.29 bits per heavy atom. The average Bonchev–Trinajstić information content (AvgIpc) is 2.33. The molecule has 5 heteroatoms. The zero-order valence-corrected chi connectivity index (χ0v) is 12.5. The summed E-state index contributed by atoms with van der Waals surface area (Å²) in [6.07, 6.45) is 2.57. The van der Waals surface area contributed by atoms with Gasteiger partial charge in [0.15, 0.2) is 0 Å². The van der Waals surface area contributed by atoms with Crippen molar-refractivity contribution in [3.8, 4) is 18.1 Å². The molecule has 114 valence electrons. The Hall–Kier alpha value is -1.70. The molecule has 2 nitrogen and oxygen atoms in total. The Labute approximate surface area is 122 Å². The van der Waals surface area contributed by atoms with Gasteiger partial charge in [-0.05, 0) is 18.4 Å². The number of hydrogen-bond acceptors (Lipinski definition) is 2. The number of ether oxygens (including phenoxy) is 1. The number of terminal acetylenes is 1. The molecule has 1 aromatic heterocycles. The molecule has 0 aliphatic heterocycles. The maximum atomic E-state index is 13.0. The van der Waals surface area contributed by atoms with Gasteiger partial charge in [-0.3, -0.25) is 0 Å². The van der Waals surface area contributed by atoms with Crippen LogP contribution in [0.5, 0.6) is 5.75 Å². The predicted octanol–water partition coefficient (Wildman–Crippen LogP) is 4.29. The summed E-state index contributed by atoms with van der Waals surface area (Å²) < 4.78 is 44.7. The van der Waals surface area contributed by atoms with Crippen molar-refractivity contribution in [1.29, 1.82) is 0 Å². The third-order valence-corrected chi connectivity index (χ3v) is 3.89. The van der Waals surface area contributed by atoms with Crippen molar-refractivity contribution < 1.29 is 17.9 Å². The Morgan fingerprint density at radius 2 is 1.86 bits per heavy atom. The molecule has 0 unspecified atom stereocenters. The van der Waals surface area contributed by atoms with E-state index in [2.05, 4.69) is 4.98 Å². The van der Waals surface area contributed by atoms with Crippen LogP contribution in [0, 0.1) is 23.2 Å². The minimum absolute atomic E-state index is 0.0767. The minimum Gasteiger partial charge on any atom is -0.488 e. The smallest absolute Gasteiger partial charge is 0.419 e. The molecule has 0 N–H and O–H groups in total. The maximum absolute atomic E-state index is 13.0. The zero-order chi connectivity index (χ0) is 16.1. The second-order valence-corrected chi connectivity index (χ2v) is 6.86. The molecule has 0 aromatic carbocycles. The molecule has 0 atom stereocenters. The standard InChI is InChI=1S/C16H18F3NO/c1-6-12-11(16(17,18)19)7-10(8-20-12)21-13-14(2,3)9-15(13,4)5/h1,7-8,13H,9H2,2-5H3. The lowest BCUT2D eigenvalue weighted by molar-refractivity contribution is -0.140. The fraction of sp³-hybridized carbons (Fsp3) is 0.562. The van der Waals surface area contributed by atoms with E-state index in [0.29, 0.717) is 0 Å². The van der Waals surface area contributed by atoms with E-state index in [4.69, 9.17) is 11.2 Å². The van der Waals surface area contributed by atoms with Gasteiger partial charge in [0, 0.05) is 10.8 Å². The number of aromatic nitrogens is 1. The molecule has 1 aromatic rings. The van der Waals surface area contributed by atoms with Crippen LogP contribution in [0.4, 0.5) is 13.2 Å². The first-order valence-corrected chi connectivity index (χ1v) is 6.68. The van der Waals surface area contributed by atoms with Crippen LogP contribution in [0.3, 0.4) is 0 Å². The van der Waals surface area contributed by atoms with E-state index in [1.807, 2.05) is 33.6 Å². The van der Waals surface area contributed by atoms with Gasteiger partial charge in [-0.15, -0.1) is 6.42 Å². The Balaban J connectivity index is 2.33. The highest BCUT2D eigenvalue weighted by Crippen LogP contribution is 2.55. The molecule has 1 fully saturated rings. The highest BCUT2D eigenvalue weighted by Gasteiger charge is 2.55. The summed E-state index contributed by atoms with van der Waals surface area (Å²) in [6.45, 7) is 8.15. The van der Waals surface area contributed by atoms with E-state index in [9.17, 15) is 13.2 Å². The largest absolute Gasteiger partial charge is 0.488 e. The molecule has 2 rings (SSSR count). The first-order chi connectivity index (χ1) is 9.47. The summed E-state index contributed by atoms with van der Waals surface area (Å²) in [4.78, 5) is 3.69. The first-order valence-electron chi connectivity index (χ1n) is 6.68. The van der Waals surface area contributed by atoms with E-state index in [1.165, 1.54) is 6.20 Å². The first kappa shape index (κ1) is 15.7. The molecule has 1 saturated carbocycles. The van der Waals surface area contributed by atoms with Crippen molar-refractivity contribution in [2.24, 2.45) is 10.8 Å². The fourth-order valence-electron chi connectivity index (χ4n) is 3.58. The molecule has 0 amide bonds. The molecule has 0 bridgehead atoms. The highest BCUT2D eigenvalue weighted by atomic mass is 19.4. The number of pyridine rings is 1. The van der Waals surface area contributed by atoms with Gasteiger partial charge in [0.2, 0.25) is 0 Å². The molecule has 1 aliphatic rings. The fourth-order valence-corrected chi connectivity index (χ4v) is 3.58.